The smallest absolute Gasteiger partial charge is 0.165 e. The van der Waals surface area contributed by atoms with Crippen LogP contribution in [0.4, 0.5) is 0 Å². The number of fused-ring (bicyclic) bond motifs is 1. The van der Waals surface area contributed by atoms with E-state index in [-0.39, 0.29) is 5.41 Å². The van der Waals surface area contributed by atoms with E-state index in [4.69, 9.17) is 0 Å². The minimum absolute atomic E-state index is 0.116. The first-order chi connectivity index (χ1) is 9.30. The molecule has 0 saturated heterocycles. The molecule has 1 aliphatic rings. The Morgan fingerprint density at radius 3 is 2.60 bits per heavy atom. The lowest BCUT2D eigenvalue weighted by Crippen LogP contribution is -2.28. The van der Waals surface area contributed by atoms with Gasteiger partial charge in [0.2, 0.25) is 0 Å². The number of unbranched alkanes of at least 4 members (excludes halogenated alkanes) is 1. The molecule has 0 fully saturated rings. The van der Waals surface area contributed by atoms with Crippen molar-refractivity contribution in [3.63, 3.8) is 0 Å². The Hall–Kier alpha value is -1.05. The highest BCUT2D eigenvalue weighted by Gasteiger charge is 2.33. The van der Waals surface area contributed by atoms with E-state index < -0.39 is 0 Å². The maximum Gasteiger partial charge on any atom is 0.165 e. The van der Waals surface area contributed by atoms with Gasteiger partial charge in [0, 0.05) is 29.9 Å². The SMILES string of the molecule is Cc1cc2c(n1CCCCC(C)C)CC(C)(C)CC2=O. The molecule has 1 aromatic rings. The summed E-state index contributed by atoms with van der Waals surface area (Å²) in [5, 5.41) is 0. The van der Waals surface area contributed by atoms with Crippen LogP contribution in [0, 0.1) is 18.3 Å². The third kappa shape index (κ3) is 3.34. The molecule has 2 heteroatoms. The van der Waals surface area contributed by atoms with Gasteiger partial charge in [-0.3, -0.25) is 4.79 Å². The van der Waals surface area contributed by atoms with Crippen molar-refractivity contribution in [1.82, 2.24) is 4.57 Å². The van der Waals surface area contributed by atoms with Crippen LogP contribution in [0.15, 0.2) is 6.07 Å². The molecule has 20 heavy (non-hydrogen) atoms. The molecular weight excluding hydrogens is 246 g/mol. The van der Waals surface area contributed by atoms with Crippen LogP contribution in [-0.4, -0.2) is 10.4 Å². The molecule has 1 aliphatic carbocycles. The molecule has 0 spiro atoms. The number of carbonyl (C=O) groups is 1. The van der Waals surface area contributed by atoms with Crippen molar-refractivity contribution in [2.45, 2.75) is 73.3 Å². The van der Waals surface area contributed by atoms with E-state index in [0.29, 0.717) is 12.2 Å². The summed E-state index contributed by atoms with van der Waals surface area (Å²) in [6.45, 7) is 12.2. The van der Waals surface area contributed by atoms with Crippen molar-refractivity contribution < 1.29 is 4.79 Å². The molecule has 1 heterocycles. The van der Waals surface area contributed by atoms with Gasteiger partial charge in [-0.05, 0) is 37.2 Å². The zero-order valence-electron chi connectivity index (χ0n) is 13.8. The summed E-state index contributed by atoms with van der Waals surface area (Å²) in [5.41, 5.74) is 3.65. The van der Waals surface area contributed by atoms with E-state index in [0.717, 1.165) is 24.4 Å². The van der Waals surface area contributed by atoms with Crippen molar-refractivity contribution in [2.24, 2.45) is 11.3 Å². The van der Waals surface area contributed by atoms with Crippen LogP contribution in [0.1, 0.15) is 75.1 Å². The fraction of sp³-hybridized carbons (Fsp3) is 0.722. The number of aromatic nitrogens is 1. The Labute approximate surface area is 123 Å². The molecule has 2 rings (SSSR count). The van der Waals surface area contributed by atoms with Gasteiger partial charge < -0.3 is 4.57 Å². The molecule has 0 atom stereocenters. The number of Topliss-reactive ketones (excluding diaryl/α,β-unsaturated/α-hetero) is 1. The summed E-state index contributed by atoms with van der Waals surface area (Å²) in [5.74, 6) is 1.12. The standard InChI is InChI=1S/C18H29NO/c1-13(2)8-6-7-9-19-14(3)10-15-16(19)11-18(4,5)12-17(15)20/h10,13H,6-9,11-12H2,1-5H3. The Kier molecular flexibility index (Phi) is 4.41. The van der Waals surface area contributed by atoms with Gasteiger partial charge in [-0.2, -0.15) is 0 Å². The first-order valence-corrected chi connectivity index (χ1v) is 8.02. The first-order valence-electron chi connectivity index (χ1n) is 8.02. The van der Waals surface area contributed by atoms with Crippen LogP contribution in [-0.2, 0) is 13.0 Å². The van der Waals surface area contributed by atoms with E-state index in [1.54, 1.807) is 0 Å². The van der Waals surface area contributed by atoms with Crippen LogP contribution in [0.5, 0.6) is 0 Å². The zero-order valence-corrected chi connectivity index (χ0v) is 13.8. The van der Waals surface area contributed by atoms with Gasteiger partial charge in [0.25, 0.3) is 0 Å². The number of aryl methyl sites for hydroxylation is 1. The summed E-state index contributed by atoms with van der Waals surface area (Å²) in [6, 6.07) is 2.11. The predicted molar refractivity (Wildman–Crippen MR) is 84.3 cm³/mol. The average Bonchev–Trinajstić information content (AvgIpc) is 2.60. The van der Waals surface area contributed by atoms with Gasteiger partial charge in [-0.25, -0.2) is 0 Å². The van der Waals surface area contributed by atoms with E-state index in [9.17, 15) is 4.79 Å². The van der Waals surface area contributed by atoms with Crippen molar-refractivity contribution >= 4 is 5.78 Å². The Balaban J connectivity index is 2.12. The van der Waals surface area contributed by atoms with Gasteiger partial charge >= 0.3 is 0 Å². The lowest BCUT2D eigenvalue weighted by Gasteiger charge is -2.30. The van der Waals surface area contributed by atoms with Gasteiger partial charge in [-0.1, -0.05) is 40.5 Å². The van der Waals surface area contributed by atoms with Crippen LogP contribution in [0.2, 0.25) is 0 Å². The minimum atomic E-state index is 0.116. The Morgan fingerprint density at radius 1 is 1.25 bits per heavy atom. The second-order valence-electron chi connectivity index (χ2n) is 7.63. The highest BCUT2D eigenvalue weighted by atomic mass is 16.1. The monoisotopic (exact) mass is 275 g/mol. The van der Waals surface area contributed by atoms with Crippen LogP contribution >= 0.6 is 0 Å². The fourth-order valence-electron chi connectivity index (χ4n) is 3.34. The third-order valence-electron chi connectivity index (χ3n) is 4.41. The summed E-state index contributed by atoms with van der Waals surface area (Å²) in [6.07, 6.45) is 5.52. The van der Waals surface area contributed by atoms with Crippen LogP contribution in [0.3, 0.4) is 0 Å². The summed E-state index contributed by atoms with van der Waals surface area (Å²) < 4.78 is 2.40. The maximum absolute atomic E-state index is 12.3. The number of carbonyl (C=O) groups excluding carboxylic acids is 1. The van der Waals surface area contributed by atoms with Crippen molar-refractivity contribution in [1.29, 1.82) is 0 Å². The number of nitrogens with zero attached hydrogens (tertiary/aromatic N) is 1. The molecule has 2 nitrogen and oxygen atoms in total. The average molecular weight is 275 g/mol. The lowest BCUT2D eigenvalue weighted by molar-refractivity contribution is 0.0910. The lowest BCUT2D eigenvalue weighted by atomic mass is 9.76. The second-order valence-corrected chi connectivity index (χ2v) is 7.63. The number of ketones is 1. The molecule has 112 valence electrons. The normalized spacial score (nSPS) is 17.6. The molecule has 0 aromatic carbocycles. The first kappa shape index (κ1) is 15.3. The second kappa shape index (κ2) is 5.75. The predicted octanol–water partition coefficient (Wildman–Crippen LogP) is 4.78. The molecule has 1 aromatic heterocycles. The molecule has 0 amide bonds. The topological polar surface area (TPSA) is 22.0 Å². The largest absolute Gasteiger partial charge is 0.348 e. The Morgan fingerprint density at radius 2 is 1.95 bits per heavy atom. The molecule has 0 saturated carbocycles. The quantitative estimate of drug-likeness (QED) is 0.709. The third-order valence-corrected chi connectivity index (χ3v) is 4.41. The summed E-state index contributed by atoms with van der Waals surface area (Å²) in [7, 11) is 0. The maximum atomic E-state index is 12.3. The van der Waals surface area contributed by atoms with E-state index >= 15 is 0 Å². The van der Waals surface area contributed by atoms with Crippen molar-refractivity contribution in [2.75, 3.05) is 0 Å². The molecule has 0 N–H and O–H groups in total. The fourth-order valence-corrected chi connectivity index (χ4v) is 3.34. The van der Waals surface area contributed by atoms with Gasteiger partial charge in [-0.15, -0.1) is 0 Å². The molecular formula is C18H29NO. The van der Waals surface area contributed by atoms with Crippen molar-refractivity contribution in [3.05, 3.63) is 23.0 Å². The molecule has 0 radical (unpaired) electrons. The Bertz CT molecular complexity index is 494. The van der Waals surface area contributed by atoms with Crippen molar-refractivity contribution in [3.8, 4) is 0 Å². The molecule has 0 aliphatic heterocycles. The number of hydrogen-bond donors (Lipinski definition) is 0. The number of hydrogen-bond acceptors (Lipinski definition) is 1. The molecule has 0 bridgehead atoms. The van der Waals surface area contributed by atoms with E-state index in [1.807, 2.05) is 0 Å². The highest BCUT2D eigenvalue weighted by Crippen LogP contribution is 2.36. The van der Waals surface area contributed by atoms with Gasteiger partial charge in [0.05, 0.1) is 0 Å². The van der Waals surface area contributed by atoms with E-state index in [1.165, 1.54) is 30.7 Å². The number of rotatable bonds is 5. The van der Waals surface area contributed by atoms with Crippen LogP contribution in [0.25, 0.3) is 0 Å². The summed E-state index contributed by atoms with van der Waals surface area (Å²) in [4.78, 5) is 12.3. The van der Waals surface area contributed by atoms with Gasteiger partial charge in [0.15, 0.2) is 5.78 Å². The van der Waals surface area contributed by atoms with Crippen LogP contribution < -0.4 is 0 Å². The molecule has 0 unspecified atom stereocenters. The highest BCUT2D eigenvalue weighted by molar-refractivity contribution is 5.99. The van der Waals surface area contributed by atoms with E-state index in [2.05, 4.69) is 45.3 Å². The summed E-state index contributed by atoms with van der Waals surface area (Å²) >= 11 is 0. The van der Waals surface area contributed by atoms with Gasteiger partial charge in [0.1, 0.15) is 0 Å². The minimum Gasteiger partial charge on any atom is -0.348 e. The zero-order chi connectivity index (χ0) is 14.9.